The maximum absolute atomic E-state index is 5.72. The van der Waals surface area contributed by atoms with Gasteiger partial charge in [-0.1, -0.05) is 0 Å². The predicted octanol–water partition coefficient (Wildman–Crippen LogP) is 2.85. The number of hydrogen-bond acceptors (Lipinski definition) is 3. The van der Waals surface area contributed by atoms with Gasteiger partial charge in [0.05, 0.1) is 7.11 Å². The highest BCUT2D eigenvalue weighted by Crippen LogP contribution is 2.25. The first-order valence-corrected chi connectivity index (χ1v) is 6.19. The van der Waals surface area contributed by atoms with Crippen LogP contribution in [-0.4, -0.2) is 19.7 Å². The smallest absolute Gasteiger partial charge is 0.122 e. The van der Waals surface area contributed by atoms with Gasteiger partial charge in [-0.05, 0) is 56.9 Å². The van der Waals surface area contributed by atoms with Crippen molar-refractivity contribution in [3.05, 3.63) is 23.3 Å². The van der Waals surface area contributed by atoms with E-state index < -0.39 is 0 Å². The fourth-order valence-electron chi connectivity index (χ4n) is 1.85. The third-order valence-corrected chi connectivity index (χ3v) is 2.89. The Hall–Kier alpha value is -1.22. The van der Waals surface area contributed by atoms with Crippen LogP contribution < -0.4 is 15.8 Å². The van der Waals surface area contributed by atoms with Crippen LogP contribution in [0.2, 0.25) is 0 Å². The molecule has 1 aromatic rings. The van der Waals surface area contributed by atoms with Gasteiger partial charge in [-0.25, -0.2) is 0 Å². The zero-order chi connectivity index (χ0) is 12.8. The normalized spacial score (nSPS) is 12.3. The standard InChI is InChI=1S/C14H24N2O/c1-10-9-14(17-4)11(2)8-13(10)16-7-5-6-12(3)15/h8-9,12,16H,5-7,15H2,1-4H3. The van der Waals surface area contributed by atoms with Gasteiger partial charge in [0.25, 0.3) is 0 Å². The fourth-order valence-corrected chi connectivity index (χ4v) is 1.85. The van der Waals surface area contributed by atoms with E-state index in [2.05, 4.69) is 31.3 Å². The van der Waals surface area contributed by atoms with Crippen molar-refractivity contribution in [2.75, 3.05) is 19.0 Å². The summed E-state index contributed by atoms with van der Waals surface area (Å²) >= 11 is 0. The Kier molecular flexibility index (Phi) is 5.29. The van der Waals surface area contributed by atoms with E-state index in [4.69, 9.17) is 10.5 Å². The highest BCUT2D eigenvalue weighted by atomic mass is 16.5. The Morgan fingerprint density at radius 1 is 1.29 bits per heavy atom. The highest BCUT2D eigenvalue weighted by Gasteiger charge is 2.04. The van der Waals surface area contributed by atoms with E-state index in [-0.39, 0.29) is 6.04 Å². The van der Waals surface area contributed by atoms with E-state index in [0.717, 1.165) is 30.7 Å². The third kappa shape index (κ3) is 4.27. The number of aryl methyl sites for hydroxylation is 2. The second-order valence-electron chi connectivity index (χ2n) is 4.68. The average Bonchev–Trinajstić information content (AvgIpc) is 2.28. The summed E-state index contributed by atoms with van der Waals surface area (Å²) in [5, 5.41) is 3.45. The van der Waals surface area contributed by atoms with Gasteiger partial charge in [0, 0.05) is 18.3 Å². The Morgan fingerprint density at radius 3 is 2.59 bits per heavy atom. The van der Waals surface area contributed by atoms with Crippen molar-refractivity contribution in [2.24, 2.45) is 5.73 Å². The molecular weight excluding hydrogens is 212 g/mol. The monoisotopic (exact) mass is 236 g/mol. The van der Waals surface area contributed by atoms with Gasteiger partial charge in [0.2, 0.25) is 0 Å². The van der Waals surface area contributed by atoms with Gasteiger partial charge in [0.1, 0.15) is 5.75 Å². The summed E-state index contributed by atoms with van der Waals surface area (Å²) in [6, 6.07) is 4.50. The first-order chi connectivity index (χ1) is 8.04. The SMILES string of the molecule is COc1cc(C)c(NCCCC(C)N)cc1C. The Labute approximate surface area is 104 Å². The lowest BCUT2D eigenvalue weighted by Crippen LogP contribution is -2.16. The van der Waals surface area contributed by atoms with Crippen molar-refractivity contribution < 1.29 is 4.74 Å². The lowest BCUT2D eigenvalue weighted by molar-refractivity contribution is 0.411. The second kappa shape index (κ2) is 6.50. The van der Waals surface area contributed by atoms with E-state index in [0.29, 0.717) is 0 Å². The molecule has 1 aromatic carbocycles. The van der Waals surface area contributed by atoms with E-state index in [1.165, 1.54) is 11.3 Å². The summed E-state index contributed by atoms with van der Waals surface area (Å²) in [6.45, 7) is 7.16. The van der Waals surface area contributed by atoms with Crippen LogP contribution in [0.1, 0.15) is 30.9 Å². The minimum Gasteiger partial charge on any atom is -0.496 e. The van der Waals surface area contributed by atoms with Crippen molar-refractivity contribution >= 4 is 5.69 Å². The minimum atomic E-state index is 0.288. The summed E-state index contributed by atoms with van der Waals surface area (Å²) in [6.07, 6.45) is 2.16. The highest BCUT2D eigenvalue weighted by molar-refractivity contribution is 5.56. The Morgan fingerprint density at radius 2 is 2.00 bits per heavy atom. The summed E-state index contributed by atoms with van der Waals surface area (Å²) in [5.41, 5.74) is 9.28. The number of ether oxygens (including phenoxy) is 1. The van der Waals surface area contributed by atoms with Crippen LogP contribution in [0.4, 0.5) is 5.69 Å². The molecule has 0 saturated heterocycles. The van der Waals surface area contributed by atoms with Crippen LogP contribution in [-0.2, 0) is 0 Å². The fraction of sp³-hybridized carbons (Fsp3) is 0.571. The molecule has 0 aliphatic heterocycles. The summed E-state index contributed by atoms with van der Waals surface area (Å²) in [4.78, 5) is 0. The molecular formula is C14H24N2O. The van der Waals surface area contributed by atoms with Gasteiger partial charge >= 0.3 is 0 Å². The molecule has 3 N–H and O–H groups in total. The lowest BCUT2D eigenvalue weighted by atomic mass is 10.1. The average molecular weight is 236 g/mol. The summed E-state index contributed by atoms with van der Waals surface area (Å²) in [5.74, 6) is 0.948. The van der Waals surface area contributed by atoms with Crippen molar-refractivity contribution in [1.29, 1.82) is 0 Å². The Bertz CT molecular complexity index is 361. The number of methoxy groups -OCH3 is 1. The zero-order valence-electron chi connectivity index (χ0n) is 11.3. The van der Waals surface area contributed by atoms with Crippen molar-refractivity contribution in [1.82, 2.24) is 0 Å². The van der Waals surface area contributed by atoms with Gasteiger partial charge in [-0.15, -0.1) is 0 Å². The van der Waals surface area contributed by atoms with Crippen LogP contribution >= 0.6 is 0 Å². The van der Waals surface area contributed by atoms with Gasteiger partial charge in [0.15, 0.2) is 0 Å². The van der Waals surface area contributed by atoms with Crippen LogP contribution in [0.3, 0.4) is 0 Å². The minimum absolute atomic E-state index is 0.288. The molecule has 0 saturated carbocycles. The molecule has 17 heavy (non-hydrogen) atoms. The summed E-state index contributed by atoms with van der Waals surface area (Å²) in [7, 11) is 1.71. The first-order valence-electron chi connectivity index (χ1n) is 6.19. The van der Waals surface area contributed by atoms with Crippen LogP contribution in [0, 0.1) is 13.8 Å². The van der Waals surface area contributed by atoms with Crippen LogP contribution in [0.25, 0.3) is 0 Å². The number of nitrogens with one attached hydrogen (secondary N) is 1. The van der Waals surface area contributed by atoms with Crippen molar-refractivity contribution in [3.63, 3.8) is 0 Å². The zero-order valence-corrected chi connectivity index (χ0v) is 11.3. The van der Waals surface area contributed by atoms with Crippen molar-refractivity contribution in [2.45, 2.75) is 39.7 Å². The number of rotatable bonds is 6. The Balaban J connectivity index is 2.56. The van der Waals surface area contributed by atoms with E-state index in [9.17, 15) is 0 Å². The van der Waals surface area contributed by atoms with Crippen LogP contribution in [0.5, 0.6) is 5.75 Å². The summed E-state index contributed by atoms with van der Waals surface area (Å²) < 4.78 is 5.29. The first kappa shape index (κ1) is 13.8. The molecule has 0 aliphatic rings. The molecule has 0 bridgehead atoms. The molecule has 3 heteroatoms. The quantitative estimate of drug-likeness (QED) is 0.747. The molecule has 0 aromatic heterocycles. The largest absolute Gasteiger partial charge is 0.496 e. The molecule has 0 fully saturated rings. The van der Waals surface area contributed by atoms with E-state index >= 15 is 0 Å². The second-order valence-corrected chi connectivity index (χ2v) is 4.68. The molecule has 0 radical (unpaired) electrons. The molecule has 1 unspecified atom stereocenters. The number of hydrogen-bond donors (Lipinski definition) is 2. The van der Waals surface area contributed by atoms with Gasteiger partial charge in [-0.3, -0.25) is 0 Å². The molecule has 1 rings (SSSR count). The predicted molar refractivity (Wildman–Crippen MR) is 73.8 cm³/mol. The van der Waals surface area contributed by atoms with Crippen molar-refractivity contribution in [3.8, 4) is 5.75 Å². The number of nitrogens with two attached hydrogens (primary N) is 1. The lowest BCUT2D eigenvalue weighted by Gasteiger charge is -2.13. The number of anilines is 1. The molecule has 1 atom stereocenters. The van der Waals surface area contributed by atoms with Crippen LogP contribution in [0.15, 0.2) is 12.1 Å². The molecule has 0 heterocycles. The van der Waals surface area contributed by atoms with E-state index in [1.54, 1.807) is 7.11 Å². The van der Waals surface area contributed by atoms with Gasteiger partial charge < -0.3 is 15.8 Å². The topological polar surface area (TPSA) is 47.3 Å². The van der Waals surface area contributed by atoms with E-state index in [1.807, 2.05) is 6.92 Å². The maximum Gasteiger partial charge on any atom is 0.122 e. The molecule has 96 valence electrons. The molecule has 0 amide bonds. The van der Waals surface area contributed by atoms with Gasteiger partial charge in [-0.2, -0.15) is 0 Å². The molecule has 0 spiro atoms. The number of benzene rings is 1. The third-order valence-electron chi connectivity index (χ3n) is 2.89. The molecule has 0 aliphatic carbocycles. The maximum atomic E-state index is 5.72. The molecule has 3 nitrogen and oxygen atoms in total.